The topological polar surface area (TPSA) is 46.1 Å². The van der Waals surface area contributed by atoms with Gasteiger partial charge in [-0.25, -0.2) is 4.98 Å². The summed E-state index contributed by atoms with van der Waals surface area (Å²) in [4.78, 5) is 23.3. The van der Waals surface area contributed by atoms with E-state index in [0.717, 1.165) is 27.3 Å². The zero-order chi connectivity index (χ0) is 17.1. The average molecular weight is 339 g/mol. The van der Waals surface area contributed by atoms with Crippen LogP contribution in [0.15, 0.2) is 42.7 Å². The highest BCUT2D eigenvalue weighted by molar-refractivity contribution is 7.22. The molecular formula is C19H21N3OS. The van der Waals surface area contributed by atoms with E-state index in [1.807, 2.05) is 32.0 Å². The number of pyridine rings is 1. The van der Waals surface area contributed by atoms with Crippen molar-refractivity contribution in [2.75, 3.05) is 4.90 Å². The molecule has 0 aliphatic rings. The molecule has 0 aliphatic carbocycles. The fraction of sp³-hybridized carbons (Fsp3) is 0.316. The maximum atomic E-state index is 12.7. The van der Waals surface area contributed by atoms with Crippen molar-refractivity contribution < 1.29 is 4.79 Å². The van der Waals surface area contributed by atoms with Crippen LogP contribution in [0.4, 0.5) is 5.13 Å². The minimum absolute atomic E-state index is 0.0774. The number of anilines is 1. The first-order valence-electron chi connectivity index (χ1n) is 8.18. The zero-order valence-electron chi connectivity index (χ0n) is 14.2. The van der Waals surface area contributed by atoms with Gasteiger partial charge >= 0.3 is 0 Å². The van der Waals surface area contributed by atoms with Crippen molar-refractivity contribution in [2.45, 2.75) is 33.7 Å². The quantitative estimate of drug-likeness (QED) is 0.690. The molecule has 2 heterocycles. The van der Waals surface area contributed by atoms with E-state index in [2.05, 4.69) is 24.0 Å². The van der Waals surface area contributed by atoms with Gasteiger partial charge in [-0.2, -0.15) is 0 Å². The first-order valence-corrected chi connectivity index (χ1v) is 9.00. The smallest absolute Gasteiger partial charge is 0.231 e. The van der Waals surface area contributed by atoms with E-state index in [-0.39, 0.29) is 11.8 Å². The third-order valence-corrected chi connectivity index (χ3v) is 4.95. The summed E-state index contributed by atoms with van der Waals surface area (Å²) in [5.41, 5.74) is 3.23. The number of nitrogens with zero attached hydrogens (tertiary/aromatic N) is 3. The Hall–Kier alpha value is -2.27. The minimum Gasteiger partial charge on any atom is -0.283 e. The van der Waals surface area contributed by atoms with Gasteiger partial charge in [0.15, 0.2) is 5.13 Å². The van der Waals surface area contributed by atoms with E-state index in [9.17, 15) is 4.79 Å². The number of aryl methyl sites for hydroxylation is 1. The summed E-state index contributed by atoms with van der Waals surface area (Å²) in [5, 5.41) is 0.751. The number of fused-ring (bicyclic) bond motifs is 1. The van der Waals surface area contributed by atoms with E-state index in [0.29, 0.717) is 6.54 Å². The number of benzene rings is 1. The fourth-order valence-corrected chi connectivity index (χ4v) is 3.55. The van der Waals surface area contributed by atoms with Gasteiger partial charge in [-0.1, -0.05) is 44.2 Å². The molecule has 0 N–H and O–H groups in total. The Kier molecular flexibility index (Phi) is 4.90. The highest BCUT2D eigenvalue weighted by Crippen LogP contribution is 2.31. The third kappa shape index (κ3) is 3.46. The number of thiazole rings is 1. The molecule has 0 unspecified atom stereocenters. The van der Waals surface area contributed by atoms with Crippen molar-refractivity contribution in [1.82, 2.24) is 9.97 Å². The lowest BCUT2D eigenvalue weighted by atomic mass is 10.1. The van der Waals surface area contributed by atoms with Crippen LogP contribution in [0, 0.1) is 5.92 Å². The average Bonchev–Trinajstić information content (AvgIpc) is 3.02. The van der Waals surface area contributed by atoms with Crippen LogP contribution < -0.4 is 4.90 Å². The standard InChI is InChI=1S/C19H21N3OS/c1-4-14-7-8-16-17(10-14)24-19(21-16)22(18(23)13(2)3)12-15-6-5-9-20-11-15/h5-11,13H,4,12H2,1-3H3. The second-order valence-corrected chi connectivity index (χ2v) is 7.10. The Balaban J connectivity index is 1.99. The molecule has 0 atom stereocenters. The van der Waals surface area contributed by atoms with Crippen LogP contribution in [0.2, 0.25) is 0 Å². The fourth-order valence-electron chi connectivity index (χ4n) is 2.52. The van der Waals surface area contributed by atoms with Crippen LogP contribution >= 0.6 is 11.3 Å². The highest BCUT2D eigenvalue weighted by atomic mass is 32.1. The number of carbonyl (C=O) groups excluding carboxylic acids is 1. The van der Waals surface area contributed by atoms with Crippen molar-refractivity contribution in [2.24, 2.45) is 5.92 Å². The molecule has 0 bridgehead atoms. The molecule has 2 aromatic heterocycles. The lowest BCUT2D eigenvalue weighted by Gasteiger charge is -2.21. The molecule has 0 saturated heterocycles. The molecule has 3 aromatic rings. The van der Waals surface area contributed by atoms with E-state index in [1.54, 1.807) is 28.6 Å². The number of amides is 1. The van der Waals surface area contributed by atoms with Gasteiger partial charge in [0.05, 0.1) is 16.8 Å². The predicted octanol–water partition coefficient (Wildman–Crippen LogP) is 4.44. The molecule has 3 rings (SSSR count). The monoisotopic (exact) mass is 339 g/mol. The molecule has 1 amide bonds. The molecule has 24 heavy (non-hydrogen) atoms. The summed E-state index contributed by atoms with van der Waals surface area (Å²) < 4.78 is 1.12. The van der Waals surface area contributed by atoms with Gasteiger partial charge < -0.3 is 0 Å². The van der Waals surface area contributed by atoms with Gasteiger partial charge in [-0.15, -0.1) is 0 Å². The van der Waals surface area contributed by atoms with Crippen LogP contribution in [-0.4, -0.2) is 15.9 Å². The Morgan fingerprint density at radius 3 is 2.75 bits per heavy atom. The minimum atomic E-state index is -0.0834. The first kappa shape index (κ1) is 16.6. The predicted molar refractivity (Wildman–Crippen MR) is 99.3 cm³/mol. The third-order valence-electron chi connectivity index (χ3n) is 3.90. The summed E-state index contributed by atoms with van der Waals surface area (Å²) in [6, 6.07) is 10.2. The molecule has 0 aliphatic heterocycles. The number of hydrogen-bond acceptors (Lipinski definition) is 4. The molecule has 0 radical (unpaired) electrons. The Morgan fingerprint density at radius 1 is 1.25 bits per heavy atom. The maximum absolute atomic E-state index is 12.7. The number of rotatable bonds is 5. The lowest BCUT2D eigenvalue weighted by molar-refractivity contribution is -0.121. The molecule has 0 fully saturated rings. The Morgan fingerprint density at radius 2 is 2.08 bits per heavy atom. The normalized spacial score (nSPS) is 11.2. The van der Waals surface area contributed by atoms with Crippen LogP contribution in [0.1, 0.15) is 31.9 Å². The van der Waals surface area contributed by atoms with E-state index in [4.69, 9.17) is 4.98 Å². The molecule has 0 saturated carbocycles. The highest BCUT2D eigenvalue weighted by Gasteiger charge is 2.22. The van der Waals surface area contributed by atoms with Gasteiger partial charge in [0.2, 0.25) is 5.91 Å². The van der Waals surface area contributed by atoms with Crippen LogP contribution in [0.5, 0.6) is 0 Å². The zero-order valence-corrected chi connectivity index (χ0v) is 15.0. The number of aromatic nitrogens is 2. The SMILES string of the molecule is CCc1ccc2nc(N(Cc3cccnc3)C(=O)C(C)C)sc2c1. The Labute approximate surface area is 146 Å². The second kappa shape index (κ2) is 7.09. The first-order chi connectivity index (χ1) is 11.6. The van der Waals surface area contributed by atoms with Gasteiger partial charge in [-0.05, 0) is 35.7 Å². The van der Waals surface area contributed by atoms with Gasteiger partial charge in [0.25, 0.3) is 0 Å². The largest absolute Gasteiger partial charge is 0.283 e. The molecule has 0 spiro atoms. The van der Waals surface area contributed by atoms with Gasteiger partial charge in [0, 0.05) is 18.3 Å². The summed E-state index contributed by atoms with van der Waals surface area (Å²) in [6.45, 7) is 6.47. The van der Waals surface area contributed by atoms with Crippen molar-refractivity contribution in [3.8, 4) is 0 Å². The van der Waals surface area contributed by atoms with Crippen LogP contribution in [-0.2, 0) is 17.8 Å². The van der Waals surface area contributed by atoms with Gasteiger partial charge in [-0.3, -0.25) is 14.7 Å². The second-order valence-electron chi connectivity index (χ2n) is 6.09. The van der Waals surface area contributed by atoms with Crippen molar-refractivity contribution in [1.29, 1.82) is 0 Å². The van der Waals surface area contributed by atoms with E-state index >= 15 is 0 Å². The van der Waals surface area contributed by atoms with Crippen molar-refractivity contribution in [3.05, 3.63) is 53.9 Å². The molecule has 1 aromatic carbocycles. The molecule has 4 nitrogen and oxygen atoms in total. The molecule has 5 heteroatoms. The molecule has 124 valence electrons. The van der Waals surface area contributed by atoms with Crippen molar-refractivity contribution in [3.63, 3.8) is 0 Å². The summed E-state index contributed by atoms with van der Waals surface area (Å²) in [5.74, 6) is -0.00601. The summed E-state index contributed by atoms with van der Waals surface area (Å²) >= 11 is 1.57. The summed E-state index contributed by atoms with van der Waals surface area (Å²) in [6.07, 6.45) is 4.53. The van der Waals surface area contributed by atoms with E-state index < -0.39 is 0 Å². The van der Waals surface area contributed by atoms with Gasteiger partial charge in [0.1, 0.15) is 0 Å². The summed E-state index contributed by atoms with van der Waals surface area (Å²) in [7, 11) is 0. The molecular weight excluding hydrogens is 318 g/mol. The van der Waals surface area contributed by atoms with Crippen LogP contribution in [0.3, 0.4) is 0 Å². The lowest BCUT2D eigenvalue weighted by Crippen LogP contribution is -2.33. The van der Waals surface area contributed by atoms with Crippen molar-refractivity contribution >= 4 is 32.6 Å². The van der Waals surface area contributed by atoms with Crippen LogP contribution in [0.25, 0.3) is 10.2 Å². The number of hydrogen-bond donors (Lipinski definition) is 0. The number of carbonyl (C=O) groups is 1. The Bertz CT molecular complexity index is 842. The van der Waals surface area contributed by atoms with E-state index in [1.165, 1.54) is 5.56 Å². The maximum Gasteiger partial charge on any atom is 0.231 e.